The van der Waals surface area contributed by atoms with Gasteiger partial charge in [0.1, 0.15) is 5.54 Å². The molecule has 3 heterocycles. The van der Waals surface area contributed by atoms with Crippen LogP contribution in [0.15, 0.2) is 36.4 Å². The Labute approximate surface area is 188 Å². The van der Waals surface area contributed by atoms with Gasteiger partial charge in [-0.05, 0) is 58.1 Å². The van der Waals surface area contributed by atoms with Crippen LogP contribution in [-0.4, -0.2) is 52.0 Å². The Morgan fingerprint density at radius 2 is 1.97 bits per heavy atom. The van der Waals surface area contributed by atoms with Gasteiger partial charge >= 0.3 is 6.03 Å². The van der Waals surface area contributed by atoms with Gasteiger partial charge in [-0.15, -0.1) is 0 Å². The van der Waals surface area contributed by atoms with Crippen LogP contribution in [0, 0.1) is 13.8 Å². The molecule has 0 aliphatic carbocycles. The molecule has 1 aromatic heterocycles. The van der Waals surface area contributed by atoms with E-state index in [0.717, 1.165) is 41.3 Å². The van der Waals surface area contributed by atoms with Crippen molar-refractivity contribution in [2.75, 3.05) is 13.2 Å². The zero-order valence-electron chi connectivity index (χ0n) is 19.0. The maximum atomic E-state index is 13.1. The summed E-state index contributed by atoms with van der Waals surface area (Å²) in [6.45, 7) is 6.85. The van der Waals surface area contributed by atoms with E-state index in [-0.39, 0.29) is 24.3 Å². The van der Waals surface area contributed by atoms with Crippen molar-refractivity contribution in [2.24, 2.45) is 0 Å². The highest BCUT2D eigenvalue weighted by atomic mass is 16.5. The van der Waals surface area contributed by atoms with Gasteiger partial charge in [0.2, 0.25) is 0 Å². The van der Waals surface area contributed by atoms with Gasteiger partial charge < -0.3 is 14.6 Å². The van der Waals surface area contributed by atoms with Crippen molar-refractivity contribution in [3.8, 4) is 0 Å². The third-order valence-corrected chi connectivity index (χ3v) is 6.69. The molecule has 2 fully saturated rings. The molecule has 2 saturated heterocycles. The minimum Gasteiger partial charge on any atom is -0.376 e. The lowest BCUT2D eigenvalue weighted by Gasteiger charge is -2.21. The van der Waals surface area contributed by atoms with Crippen LogP contribution in [0.4, 0.5) is 4.79 Å². The van der Waals surface area contributed by atoms with Crippen LogP contribution in [0.5, 0.6) is 0 Å². The number of imide groups is 1. The molecule has 2 aromatic rings. The van der Waals surface area contributed by atoms with E-state index in [1.807, 2.05) is 50.2 Å². The zero-order valence-corrected chi connectivity index (χ0v) is 19.0. The normalized spacial score (nSPS) is 23.1. The molecule has 2 aliphatic heterocycles. The quantitative estimate of drug-likeness (QED) is 0.507. The Morgan fingerprint density at radius 1 is 1.22 bits per heavy atom. The molecule has 0 saturated carbocycles. The Hall–Kier alpha value is -2.93. The molecule has 1 N–H and O–H groups in total. The number of urea groups is 1. The molecule has 0 spiro atoms. The fourth-order valence-corrected chi connectivity index (χ4v) is 4.68. The van der Waals surface area contributed by atoms with E-state index in [0.29, 0.717) is 24.9 Å². The van der Waals surface area contributed by atoms with E-state index in [4.69, 9.17) is 4.74 Å². The van der Waals surface area contributed by atoms with Crippen LogP contribution >= 0.6 is 0 Å². The summed E-state index contributed by atoms with van der Waals surface area (Å²) in [5.41, 5.74) is 2.47. The van der Waals surface area contributed by atoms with Crippen molar-refractivity contribution in [2.45, 2.75) is 64.6 Å². The highest BCUT2D eigenvalue weighted by Crippen LogP contribution is 2.25. The zero-order chi connectivity index (χ0) is 22.9. The smallest absolute Gasteiger partial charge is 0.325 e. The minimum absolute atomic E-state index is 0.166. The number of nitrogens with one attached hydrogen (secondary N) is 1. The number of rotatable bonds is 8. The highest BCUT2D eigenvalue weighted by molar-refractivity contribution is 6.11. The summed E-state index contributed by atoms with van der Waals surface area (Å²) in [5, 5.41) is 2.80. The molecule has 2 unspecified atom stereocenters. The van der Waals surface area contributed by atoms with Crippen LogP contribution in [0.25, 0.3) is 0 Å². The largest absolute Gasteiger partial charge is 0.376 e. The first kappa shape index (κ1) is 22.3. The molecule has 4 rings (SSSR count). The van der Waals surface area contributed by atoms with Crippen molar-refractivity contribution < 1.29 is 19.1 Å². The van der Waals surface area contributed by atoms with Gasteiger partial charge in [-0.25, -0.2) is 4.79 Å². The van der Waals surface area contributed by atoms with Crippen molar-refractivity contribution in [3.63, 3.8) is 0 Å². The number of amides is 3. The minimum atomic E-state index is -1.01. The van der Waals surface area contributed by atoms with E-state index >= 15 is 0 Å². The average Bonchev–Trinajstić information content (AvgIpc) is 3.44. The number of nitrogens with zero attached hydrogens (tertiary/aromatic N) is 2. The molecule has 7 nitrogen and oxygen atoms in total. The van der Waals surface area contributed by atoms with Crippen LogP contribution in [-0.2, 0) is 22.5 Å². The molecular formula is C25H31N3O4. The van der Waals surface area contributed by atoms with Gasteiger partial charge in [0.05, 0.1) is 12.6 Å². The van der Waals surface area contributed by atoms with Gasteiger partial charge in [-0.1, -0.05) is 30.3 Å². The first-order valence-corrected chi connectivity index (χ1v) is 11.3. The number of aromatic nitrogens is 1. The summed E-state index contributed by atoms with van der Waals surface area (Å²) in [7, 11) is 0. The summed E-state index contributed by atoms with van der Waals surface area (Å²) in [5.74, 6) is -0.576. The second-order valence-electron chi connectivity index (χ2n) is 9.09. The molecule has 0 bridgehead atoms. The fourth-order valence-electron chi connectivity index (χ4n) is 4.68. The monoisotopic (exact) mass is 437 g/mol. The van der Waals surface area contributed by atoms with E-state index in [1.165, 1.54) is 0 Å². The lowest BCUT2D eigenvalue weighted by Crippen LogP contribution is -2.44. The van der Waals surface area contributed by atoms with Crippen LogP contribution in [0.2, 0.25) is 0 Å². The standard InChI is InChI=1S/C25H31N3O4/c1-17-14-21(18(2)27(17)15-20-10-7-13-32-20)22(29)16-28-23(30)25(3,26-24(28)31)12-11-19-8-5-4-6-9-19/h4-6,8-9,14,20H,7,10-13,15-16H2,1-3H3,(H,26,31). The Bertz CT molecular complexity index is 1020. The maximum Gasteiger partial charge on any atom is 0.325 e. The molecule has 3 amide bonds. The van der Waals surface area contributed by atoms with Crippen molar-refractivity contribution in [1.29, 1.82) is 0 Å². The molecule has 0 radical (unpaired) electrons. The number of hydrogen-bond acceptors (Lipinski definition) is 4. The number of carbonyl (C=O) groups is 3. The summed E-state index contributed by atoms with van der Waals surface area (Å²) in [4.78, 5) is 39.8. The number of ether oxygens (including phenoxy) is 1. The maximum absolute atomic E-state index is 13.1. The van der Waals surface area contributed by atoms with Crippen LogP contribution < -0.4 is 5.32 Å². The Morgan fingerprint density at radius 3 is 2.66 bits per heavy atom. The second-order valence-corrected chi connectivity index (χ2v) is 9.09. The van der Waals surface area contributed by atoms with Gasteiger partial charge in [0.25, 0.3) is 5.91 Å². The molecular weight excluding hydrogens is 406 g/mol. The Balaban J connectivity index is 1.44. The first-order valence-electron chi connectivity index (χ1n) is 11.3. The number of aryl methyl sites for hydroxylation is 2. The number of benzene rings is 1. The van der Waals surface area contributed by atoms with Crippen LogP contribution in [0.3, 0.4) is 0 Å². The van der Waals surface area contributed by atoms with E-state index < -0.39 is 11.6 Å². The second kappa shape index (κ2) is 8.90. The summed E-state index contributed by atoms with van der Waals surface area (Å²) in [6, 6.07) is 11.2. The SMILES string of the molecule is Cc1cc(C(=O)CN2C(=O)NC(C)(CCc3ccccc3)C2=O)c(C)n1CC1CCCO1. The van der Waals surface area contributed by atoms with Gasteiger partial charge in [0, 0.05) is 30.1 Å². The van der Waals surface area contributed by atoms with E-state index in [9.17, 15) is 14.4 Å². The predicted octanol–water partition coefficient (Wildman–Crippen LogP) is 3.41. The molecule has 32 heavy (non-hydrogen) atoms. The number of carbonyl (C=O) groups excluding carboxylic acids is 3. The summed E-state index contributed by atoms with van der Waals surface area (Å²) < 4.78 is 7.83. The molecule has 7 heteroatoms. The van der Waals surface area contributed by atoms with Crippen LogP contribution in [0.1, 0.15) is 53.5 Å². The van der Waals surface area contributed by atoms with Crippen molar-refractivity contribution >= 4 is 17.7 Å². The highest BCUT2D eigenvalue weighted by Gasteiger charge is 2.48. The molecule has 2 atom stereocenters. The third kappa shape index (κ3) is 4.35. The fraction of sp³-hybridized carbons (Fsp3) is 0.480. The predicted molar refractivity (Wildman–Crippen MR) is 121 cm³/mol. The number of hydrogen-bond donors (Lipinski definition) is 1. The third-order valence-electron chi connectivity index (χ3n) is 6.69. The van der Waals surface area contributed by atoms with Gasteiger partial charge in [-0.2, -0.15) is 0 Å². The number of ketones is 1. The number of Topliss-reactive ketones (excluding diaryl/α,β-unsaturated/α-hetero) is 1. The molecule has 170 valence electrons. The average molecular weight is 438 g/mol. The van der Waals surface area contributed by atoms with E-state index in [1.54, 1.807) is 6.92 Å². The molecule has 1 aromatic carbocycles. The first-order chi connectivity index (χ1) is 15.3. The topological polar surface area (TPSA) is 80.6 Å². The van der Waals surface area contributed by atoms with Gasteiger partial charge in [0.15, 0.2) is 5.78 Å². The summed E-state index contributed by atoms with van der Waals surface area (Å²) in [6.07, 6.45) is 3.38. The van der Waals surface area contributed by atoms with Gasteiger partial charge in [-0.3, -0.25) is 14.5 Å². The van der Waals surface area contributed by atoms with Crippen molar-refractivity contribution in [1.82, 2.24) is 14.8 Å². The van der Waals surface area contributed by atoms with E-state index in [2.05, 4.69) is 9.88 Å². The lowest BCUT2D eigenvalue weighted by atomic mass is 9.93. The Kier molecular flexibility index (Phi) is 6.20. The molecule has 2 aliphatic rings. The lowest BCUT2D eigenvalue weighted by molar-refractivity contribution is -0.130. The summed E-state index contributed by atoms with van der Waals surface area (Å²) >= 11 is 0. The van der Waals surface area contributed by atoms with Crippen molar-refractivity contribution in [3.05, 3.63) is 58.9 Å².